The Labute approximate surface area is 146 Å². The summed E-state index contributed by atoms with van der Waals surface area (Å²) in [4.78, 5) is 12.3. The maximum Gasteiger partial charge on any atom is 0.269 e. The molecule has 0 radical (unpaired) electrons. The minimum absolute atomic E-state index is 0.198. The summed E-state index contributed by atoms with van der Waals surface area (Å²) in [7, 11) is 1.62. The molecule has 2 heterocycles. The molecule has 0 saturated carbocycles. The molecular formula is C18H21N5O2. The second kappa shape index (κ2) is 7.21. The number of aromatic amines is 1. The lowest BCUT2D eigenvalue weighted by Crippen LogP contribution is -2.23. The number of carbonyl (C=O) groups excluding carboxylic acids is 1. The number of aromatic nitrogens is 4. The highest BCUT2D eigenvalue weighted by molar-refractivity contribution is 5.93. The molecule has 0 atom stereocenters. The van der Waals surface area contributed by atoms with Crippen LogP contribution in [0.15, 0.2) is 36.5 Å². The summed E-state index contributed by atoms with van der Waals surface area (Å²) in [6, 6.07) is 9.26. The molecular weight excluding hydrogens is 318 g/mol. The molecule has 0 aliphatic heterocycles. The third-order valence-corrected chi connectivity index (χ3v) is 4.15. The normalized spacial score (nSPS) is 10.7. The number of nitrogens with one attached hydrogen (secondary N) is 2. The van der Waals surface area contributed by atoms with Crippen LogP contribution in [0.5, 0.6) is 5.75 Å². The minimum Gasteiger partial charge on any atom is -0.497 e. The highest BCUT2D eigenvalue weighted by atomic mass is 16.5. The fourth-order valence-electron chi connectivity index (χ4n) is 2.60. The number of hydrogen-bond donors (Lipinski definition) is 2. The van der Waals surface area contributed by atoms with Crippen molar-refractivity contribution in [3.05, 3.63) is 53.5 Å². The molecule has 7 heteroatoms. The zero-order valence-corrected chi connectivity index (χ0v) is 14.5. The van der Waals surface area contributed by atoms with Crippen LogP contribution in [0.25, 0.3) is 11.3 Å². The zero-order valence-electron chi connectivity index (χ0n) is 14.5. The second-order valence-corrected chi connectivity index (χ2v) is 5.65. The van der Waals surface area contributed by atoms with Gasteiger partial charge in [-0.25, -0.2) is 0 Å². The van der Waals surface area contributed by atoms with E-state index in [2.05, 4.69) is 20.6 Å². The molecule has 0 aliphatic rings. The lowest BCUT2D eigenvalue weighted by Gasteiger charge is -2.04. The number of benzene rings is 1. The van der Waals surface area contributed by atoms with Crippen LogP contribution in [-0.4, -0.2) is 33.0 Å². The monoisotopic (exact) mass is 339 g/mol. The van der Waals surface area contributed by atoms with Crippen molar-refractivity contribution in [2.45, 2.75) is 26.9 Å². The van der Waals surface area contributed by atoms with Crippen molar-refractivity contribution in [3.8, 4) is 17.0 Å². The van der Waals surface area contributed by atoms with Crippen LogP contribution in [0.2, 0.25) is 0 Å². The number of carbonyl (C=O) groups is 1. The Morgan fingerprint density at radius 2 is 2.08 bits per heavy atom. The van der Waals surface area contributed by atoms with E-state index in [1.54, 1.807) is 19.4 Å². The molecule has 0 saturated heterocycles. The van der Waals surface area contributed by atoms with E-state index >= 15 is 0 Å². The molecule has 7 nitrogen and oxygen atoms in total. The van der Waals surface area contributed by atoms with Crippen LogP contribution < -0.4 is 10.1 Å². The maximum absolute atomic E-state index is 12.3. The number of ether oxygens (including phenoxy) is 1. The molecule has 0 unspecified atom stereocenters. The van der Waals surface area contributed by atoms with E-state index in [0.29, 0.717) is 17.9 Å². The first-order valence-electron chi connectivity index (χ1n) is 8.11. The van der Waals surface area contributed by atoms with Crippen molar-refractivity contribution in [1.29, 1.82) is 0 Å². The largest absolute Gasteiger partial charge is 0.497 e. The standard InChI is InChI=1S/C18H21N5O2/c1-4-23-12(2)14(11-20-23)10-19-18(24)17-9-16(21-22-17)13-5-7-15(25-3)8-6-13/h5-9,11H,4,10H2,1-3H3,(H,19,24)(H,21,22). The molecule has 0 aliphatic carbocycles. The van der Waals surface area contributed by atoms with Gasteiger partial charge in [-0.1, -0.05) is 0 Å². The van der Waals surface area contributed by atoms with E-state index in [1.165, 1.54) is 0 Å². The van der Waals surface area contributed by atoms with E-state index in [-0.39, 0.29) is 5.91 Å². The summed E-state index contributed by atoms with van der Waals surface area (Å²) in [6.07, 6.45) is 1.79. The maximum atomic E-state index is 12.3. The summed E-state index contributed by atoms with van der Waals surface area (Å²) < 4.78 is 7.04. The Balaban J connectivity index is 1.66. The van der Waals surface area contributed by atoms with Crippen LogP contribution in [-0.2, 0) is 13.1 Å². The molecule has 0 bridgehead atoms. The van der Waals surface area contributed by atoms with E-state index in [1.807, 2.05) is 42.8 Å². The topological polar surface area (TPSA) is 84.8 Å². The number of hydrogen-bond acceptors (Lipinski definition) is 4. The van der Waals surface area contributed by atoms with Gasteiger partial charge in [-0.3, -0.25) is 14.6 Å². The van der Waals surface area contributed by atoms with Crippen LogP contribution in [0, 0.1) is 6.92 Å². The Morgan fingerprint density at radius 1 is 1.32 bits per heavy atom. The molecule has 1 amide bonds. The zero-order chi connectivity index (χ0) is 17.8. The third kappa shape index (κ3) is 3.55. The molecule has 130 valence electrons. The molecule has 2 aromatic heterocycles. The molecule has 2 N–H and O–H groups in total. The van der Waals surface area contributed by atoms with Crippen LogP contribution in [0.1, 0.15) is 28.7 Å². The average molecular weight is 339 g/mol. The van der Waals surface area contributed by atoms with Gasteiger partial charge in [0.05, 0.1) is 19.0 Å². The first kappa shape index (κ1) is 16.8. The number of rotatable bonds is 6. The van der Waals surface area contributed by atoms with E-state index in [4.69, 9.17) is 4.74 Å². The molecule has 3 rings (SSSR count). The molecule has 0 spiro atoms. The number of nitrogens with zero attached hydrogens (tertiary/aromatic N) is 3. The SMILES string of the molecule is CCn1ncc(CNC(=O)c2cc(-c3ccc(OC)cc3)n[nH]2)c1C. The molecule has 0 fully saturated rings. The van der Waals surface area contributed by atoms with Crippen LogP contribution >= 0.6 is 0 Å². The second-order valence-electron chi connectivity index (χ2n) is 5.65. The van der Waals surface area contributed by atoms with E-state index in [9.17, 15) is 4.79 Å². The van der Waals surface area contributed by atoms with Gasteiger partial charge in [-0.2, -0.15) is 10.2 Å². The van der Waals surface area contributed by atoms with Crippen molar-refractivity contribution in [2.75, 3.05) is 7.11 Å². The van der Waals surface area contributed by atoms with Crippen molar-refractivity contribution in [2.24, 2.45) is 0 Å². The smallest absolute Gasteiger partial charge is 0.269 e. The number of aryl methyl sites for hydroxylation is 1. The highest BCUT2D eigenvalue weighted by Gasteiger charge is 2.12. The predicted octanol–water partition coefficient (Wildman–Crippen LogP) is 2.54. The summed E-state index contributed by atoms with van der Waals surface area (Å²) in [5.74, 6) is 0.580. The predicted molar refractivity (Wildman–Crippen MR) is 94.4 cm³/mol. The lowest BCUT2D eigenvalue weighted by molar-refractivity contribution is 0.0946. The van der Waals surface area contributed by atoms with Gasteiger partial charge in [0.2, 0.25) is 0 Å². The van der Waals surface area contributed by atoms with Gasteiger partial charge in [-0.05, 0) is 44.2 Å². The van der Waals surface area contributed by atoms with Crippen molar-refractivity contribution >= 4 is 5.91 Å². The van der Waals surface area contributed by atoms with Crippen LogP contribution in [0.4, 0.5) is 0 Å². The fourth-order valence-corrected chi connectivity index (χ4v) is 2.60. The third-order valence-electron chi connectivity index (χ3n) is 4.15. The Kier molecular flexibility index (Phi) is 4.83. The first-order chi connectivity index (χ1) is 12.1. The summed E-state index contributed by atoms with van der Waals surface area (Å²) in [5.41, 5.74) is 4.11. The Morgan fingerprint density at radius 3 is 2.72 bits per heavy atom. The van der Waals surface area contributed by atoms with Crippen molar-refractivity contribution in [1.82, 2.24) is 25.3 Å². The summed E-state index contributed by atoms with van der Waals surface area (Å²) >= 11 is 0. The van der Waals surface area contributed by atoms with Gasteiger partial charge in [0.15, 0.2) is 0 Å². The molecule has 1 aromatic carbocycles. The average Bonchev–Trinajstić information content (AvgIpc) is 3.27. The van der Waals surface area contributed by atoms with E-state index < -0.39 is 0 Å². The number of H-pyrrole nitrogens is 1. The Bertz CT molecular complexity index is 864. The highest BCUT2D eigenvalue weighted by Crippen LogP contribution is 2.21. The number of methoxy groups -OCH3 is 1. The van der Waals surface area contributed by atoms with Gasteiger partial charge in [-0.15, -0.1) is 0 Å². The van der Waals surface area contributed by atoms with Crippen molar-refractivity contribution < 1.29 is 9.53 Å². The van der Waals surface area contributed by atoms with Gasteiger partial charge in [0.25, 0.3) is 5.91 Å². The summed E-state index contributed by atoms with van der Waals surface area (Å²) in [5, 5.41) is 14.2. The molecule has 3 aromatic rings. The quantitative estimate of drug-likeness (QED) is 0.723. The van der Waals surface area contributed by atoms with Crippen LogP contribution in [0.3, 0.4) is 0 Å². The van der Waals surface area contributed by atoms with Gasteiger partial charge >= 0.3 is 0 Å². The molecule has 25 heavy (non-hydrogen) atoms. The van der Waals surface area contributed by atoms with Gasteiger partial charge < -0.3 is 10.1 Å². The first-order valence-corrected chi connectivity index (χ1v) is 8.11. The van der Waals surface area contributed by atoms with Gasteiger partial charge in [0, 0.05) is 29.9 Å². The van der Waals surface area contributed by atoms with Crippen molar-refractivity contribution in [3.63, 3.8) is 0 Å². The van der Waals surface area contributed by atoms with E-state index in [0.717, 1.165) is 29.1 Å². The van der Waals surface area contributed by atoms with Gasteiger partial charge in [0.1, 0.15) is 11.4 Å². The lowest BCUT2D eigenvalue weighted by atomic mass is 10.1. The summed E-state index contributed by atoms with van der Waals surface area (Å²) in [6.45, 7) is 5.27. The fraction of sp³-hybridized carbons (Fsp3) is 0.278. The Hall–Kier alpha value is -3.09. The number of amides is 1. The minimum atomic E-state index is -0.198.